The van der Waals surface area contributed by atoms with E-state index in [-0.39, 0.29) is 30.0 Å². The zero-order chi connectivity index (χ0) is 17.5. The van der Waals surface area contributed by atoms with Gasteiger partial charge in [-0.1, -0.05) is 29.8 Å². The molecule has 6 heteroatoms. The number of carbonyl (C=O) groups excluding carboxylic acids is 2. The molecule has 0 aliphatic rings. The zero-order valence-electron chi connectivity index (χ0n) is 13.1. The Hall–Kier alpha value is -2.40. The predicted octanol–water partition coefficient (Wildman–Crippen LogP) is 4.47. The van der Waals surface area contributed by atoms with Gasteiger partial charge in [0.15, 0.2) is 11.6 Å². The number of hydrogen-bond donors (Lipinski definition) is 0. The molecule has 2 aromatic rings. The van der Waals surface area contributed by atoms with Gasteiger partial charge in [0.1, 0.15) is 5.75 Å². The van der Waals surface area contributed by atoms with Crippen LogP contribution in [0, 0.1) is 12.7 Å². The van der Waals surface area contributed by atoms with E-state index in [0.717, 1.165) is 11.6 Å². The quantitative estimate of drug-likeness (QED) is 0.569. The van der Waals surface area contributed by atoms with Gasteiger partial charge in [0.2, 0.25) is 0 Å². The van der Waals surface area contributed by atoms with Gasteiger partial charge >= 0.3 is 11.9 Å². The molecule has 4 nitrogen and oxygen atoms in total. The average molecular weight is 351 g/mol. The molecule has 0 amide bonds. The van der Waals surface area contributed by atoms with E-state index in [1.165, 1.54) is 12.1 Å². The van der Waals surface area contributed by atoms with Crippen LogP contribution in [-0.4, -0.2) is 11.9 Å². The molecular formula is C18H16ClFO4. The normalized spacial score (nSPS) is 10.3. The lowest BCUT2D eigenvalue weighted by Gasteiger charge is -2.07. The van der Waals surface area contributed by atoms with Crippen LogP contribution in [0.3, 0.4) is 0 Å². The van der Waals surface area contributed by atoms with Crippen LogP contribution in [0.2, 0.25) is 5.02 Å². The van der Waals surface area contributed by atoms with Crippen LogP contribution in [0.15, 0.2) is 42.5 Å². The van der Waals surface area contributed by atoms with Gasteiger partial charge in [0, 0.05) is 12.8 Å². The van der Waals surface area contributed by atoms with Crippen LogP contribution in [0.1, 0.15) is 24.8 Å². The maximum Gasteiger partial charge on any atom is 0.311 e. The summed E-state index contributed by atoms with van der Waals surface area (Å²) in [5, 5.41) is 0.0159. The molecule has 24 heavy (non-hydrogen) atoms. The molecule has 126 valence electrons. The van der Waals surface area contributed by atoms with Crippen molar-refractivity contribution >= 4 is 23.5 Å². The summed E-state index contributed by atoms with van der Waals surface area (Å²) < 4.78 is 23.6. The fourth-order valence-corrected chi connectivity index (χ4v) is 2.18. The Morgan fingerprint density at radius 1 is 1.04 bits per heavy atom. The average Bonchev–Trinajstić information content (AvgIpc) is 2.51. The number of para-hydroxylation sites is 1. The fourth-order valence-electron chi connectivity index (χ4n) is 1.98. The van der Waals surface area contributed by atoms with Crippen molar-refractivity contribution in [1.82, 2.24) is 0 Å². The maximum absolute atomic E-state index is 13.5. The van der Waals surface area contributed by atoms with Crippen molar-refractivity contribution < 1.29 is 23.5 Å². The zero-order valence-corrected chi connectivity index (χ0v) is 13.8. The monoisotopic (exact) mass is 350 g/mol. The number of carbonyl (C=O) groups is 2. The Morgan fingerprint density at radius 2 is 1.71 bits per heavy atom. The van der Waals surface area contributed by atoms with Crippen molar-refractivity contribution in [2.24, 2.45) is 0 Å². The molecule has 0 heterocycles. The standard InChI is InChI=1S/C18H16ClFO4/c1-12-5-2-6-13(11-12)23-16(21)9-4-10-17(22)24-18-14(19)7-3-8-15(18)20/h2-3,5-8,11H,4,9-10H2,1H3. The van der Waals surface area contributed by atoms with E-state index in [0.29, 0.717) is 5.75 Å². The lowest BCUT2D eigenvalue weighted by atomic mass is 10.2. The number of halogens is 2. The number of rotatable bonds is 6. The van der Waals surface area contributed by atoms with Crippen molar-refractivity contribution in [3.8, 4) is 11.5 Å². The van der Waals surface area contributed by atoms with Gasteiger partial charge in [-0.05, 0) is 43.2 Å². The van der Waals surface area contributed by atoms with Crippen molar-refractivity contribution in [2.45, 2.75) is 26.2 Å². The van der Waals surface area contributed by atoms with Crippen LogP contribution in [0.25, 0.3) is 0 Å². The third-order valence-corrected chi connectivity index (χ3v) is 3.42. The smallest absolute Gasteiger partial charge is 0.311 e. The SMILES string of the molecule is Cc1cccc(OC(=O)CCCC(=O)Oc2c(F)cccc2Cl)c1. The van der Waals surface area contributed by atoms with Crippen LogP contribution < -0.4 is 9.47 Å². The highest BCUT2D eigenvalue weighted by Gasteiger charge is 2.14. The molecule has 0 fully saturated rings. The number of aryl methyl sites for hydroxylation is 1. The van der Waals surface area contributed by atoms with Gasteiger partial charge in [-0.2, -0.15) is 0 Å². The predicted molar refractivity (Wildman–Crippen MR) is 87.7 cm³/mol. The molecule has 0 aliphatic heterocycles. The first kappa shape index (κ1) is 17.9. The van der Waals surface area contributed by atoms with Crippen LogP contribution >= 0.6 is 11.6 Å². The van der Waals surface area contributed by atoms with Crippen molar-refractivity contribution in [1.29, 1.82) is 0 Å². The molecule has 0 N–H and O–H groups in total. The van der Waals surface area contributed by atoms with Gasteiger partial charge in [0.25, 0.3) is 0 Å². The first-order chi connectivity index (χ1) is 11.5. The van der Waals surface area contributed by atoms with Crippen molar-refractivity contribution in [3.05, 3.63) is 58.9 Å². The van der Waals surface area contributed by atoms with Crippen LogP contribution in [-0.2, 0) is 9.59 Å². The summed E-state index contributed by atoms with van der Waals surface area (Å²) in [6, 6.07) is 11.1. The molecule has 2 rings (SSSR count). The Labute approximate surface area is 144 Å². The van der Waals surface area contributed by atoms with Crippen LogP contribution in [0.4, 0.5) is 4.39 Å². The van der Waals surface area contributed by atoms with E-state index in [1.807, 2.05) is 13.0 Å². The second-order valence-electron chi connectivity index (χ2n) is 5.17. The molecule has 0 aliphatic carbocycles. The molecule has 2 aromatic carbocycles. The van der Waals surface area contributed by atoms with E-state index in [2.05, 4.69) is 0 Å². The third-order valence-electron chi connectivity index (χ3n) is 3.12. The summed E-state index contributed by atoms with van der Waals surface area (Å²) >= 11 is 5.77. The topological polar surface area (TPSA) is 52.6 Å². The first-order valence-corrected chi connectivity index (χ1v) is 7.75. The van der Waals surface area contributed by atoms with Gasteiger partial charge in [-0.25, -0.2) is 4.39 Å². The first-order valence-electron chi connectivity index (χ1n) is 7.38. The van der Waals surface area contributed by atoms with E-state index in [4.69, 9.17) is 21.1 Å². The van der Waals surface area contributed by atoms with E-state index in [1.54, 1.807) is 18.2 Å². The molecule has 0 spiro atoms. The molecule has 0 radical (unpaired) electrons. The minimum atomic E-state index is -0.713. The van der Waals surface area contributed by atoms with Gasteiger partial charge in [0.05, 0.1) is 5.02 Å². The molecular weight excluding hydrogens is 335 g/mol. The molecule has 0 saturated carbocycles. The Bertz CT molecular complexity index is 725. The molecule has 0 saturated heterocycles. The number of hydrogen-bond acceptors (Lipinski definition) is 4. The maximum atomic E-state index is 13.5. The number of benzene rings is 2. The Kier molecular flexibility index (Phi) is 6.32. The third kappa shape index (κ3) is 5.35. The summed E-state index contributed by atoms with van der Waals surface area (Å²) in [4.78, 5) is 23.4. The van der Waals surface area contributed by atoms with E-state index in [9.17, 15) is 14.0 Å². The lowest BCUT2D eigenvalue weighted by molar-refractivity contribution is -0.136. The van der Waals surface area contributed by atoms with E-state index < -0.39 is 17.8 Å². The minimum Gasteiger partial charge on any atom is -0.427 e. The summed E-state index contributed by atoms with van der Waals surface area (Å²) in [6.45, 7) is 1.89. The Morgan fingerprint density at radius 3 is 2.38 bits per heavy atom. The Balaban J connectivity index is 1.77. The summed E-state index contributed by atoms with van der Waals surface area (Å²) in [5.74, 6) is -1.66. The summed E-state index contributed by atoms with van der Waals surface area (Å²) in [7, 11) is 0. The number of ether oxygens (including phenoxy) is 2. The van der Waals surface area contributed by atoms with Gasteiger partial charge < -0.3 is 9.47 Å². The highest BCUT2D eigenvalue weighted by Crippen LogP contribution is 2.27. The second kappa shape index (κ2) is 8.45. The van der Waals surface area contributed by atoms with Crippen LogP contribution in [0.5, 0.6) is 11.5 Å². The van der Waals surface area contributed by atoms with E-state index >= 15 is 0 Å². The van der Waals surface area contributed by atoms with Gasteiger partial charge in [-0.15, -0.1) is 0 Å². The lowest BCUT2D eigenvalue weighted by Crippen LogP contribution is -2.12. The molecule has 0 unspecified atom stereocenters. The number of esters is 2. The largest absolute Gasteiger partial charge is 0.427 e. The summed E-state index contributed by atoms with van der Waals surface area (Å²) in [5.41, 5.74) is 0.977. The fraction of sp³-hybridized carbons (Fsp3) is 0.222. The minimum absolute atomic E-state index is 0.0159. The molecule has 0 atom stereocenters. The van der Waals surface area contributed by atoms with Crippen molar-refractivity contribution in [3.63, 3.8) is 0 Å². The second-order valence-corrected chi connectivity index (χ2v) is 5.58. The van der Waals surface area contributed by atoms with Gasteiger partial charge in [-0.3, -0.25) is 9.59 Å². The highest BCUT2D eigenvalue weighted by atomic mass is 35.5. The molecule has 0 aromatic heterocycles. The summed E-state index contributed by atoms with van der Waals surface area (Å²) in [6.07, 6.45) is 0.233. The van der Waals surface area contributed by atoms with Crippen molar-refractivity contribution in [2.75, 3.05) is 0 Å². The molecule has 0 bridgehead atoms. The highest BCUT2D eigenvalue weighted by molar-refractivity contribution is 6.32.